The Bertz CT molecular complexity index is 623. The average Bonchev–Trinajstić information content (AvgIpc) is 2.93. The van der Waals surface area contributed by atoms with E-state index in [2.05, 4.69) is 20.3 Å². The number of aliphatic imine (C=N–C) groups is 1. The van der Waals surface area contributed by atoms with Crippen molar-refractivity contribution in [1.29, 1.82) is 0 Å². The fourth-order valence-electron chi connectivity index (χ4n) is 1.25. The highest BCUT2D eigenvalue weighted by Crippen LogP contribution is 2.30. The van der Waals surface area contributed by atoms with Crippen LogP contribution in [0.25, 0.3) is 10.6 Å². The van der Waals surface area contributed by atoms with Gasteiger partial charge in [-0.25, -0.2) is 9.97 Å². The molecule has 11 heteroatoms. The highest BCUT2D eigenvalue weighted by Gasteiger charge is 2.08. The molecule has 0 saturated heterocycles. The third-order valence-electron chi connectivity index (χ3n) is 2.01. The van der Waals surface area contributed by atoms with Gasteiger partial charge in [0.2, 0.25) is 11.0 Å². The minimum atomic E-state index is -0.0829. The molecule has 116 valence electrons. The minimum Gasteiger partial charge on any atom is -0.370 e. The highest BCUT2D eigenvalue weighted by molar-refractivity contribution is 8.93. The maximum Gasteiger partial charge on any atom is 0.217 e. The number of hydrogen-bond acceptors (Lipinski definition) is 6. The van der Waals surface area contributed by atoms with Gasteiger partial charge in [0.1, 0.15) is 5.01 Å². The Morgan fingerprint density at radius 3 is 2.76 bits per heavy atom. The number of guanidine groups is 1. The van der Waals surface area contributed by atoms with Crippen molar-refractivity contribution in [2.75, 3.05) is 0 Å². The molecule has 7 nitrogen and oxygen atoms in total. The average molecular weight is 458 g/mol. The van der Waals surface area contributed by atoms with Gasteiger partial charge in [-0.2, -0.15) is 4.99 Å². The maximum atomic E-state index is 10.8. The summed E-state index contributed by atoms with van der Waals surface area (Å²) in [6.07, 6.45) is 1.72. The summed E-state index contributed by atoms with van der Waals surface area (Å²) in [5, 5.41) is 5.88. The first kappa shape index (κ1) is 20.0. The van der Waals surface area contributed by atoms with Crippen LogP contribution in [0.4, 0.5) is 5.13 Å². The lowest BCUT2D eigenvalue weighted by Gasteiger charge is -1.95. The van der Waals surface area contributed by atoms with Gasteiger partial charge in [0.05, 0.1) is 17.1 Å². The number of thiazole rings is 2. The minimum absolute atomic E-state index is 0. The van der Waals surface area contributed by atoms with E-state index in [1.54, 1.807) is 6.20 Å². The number of nitrogens with one attached hydrogen (secondary N) is 1. The molecular weight excluding hydrogens is 444 g/mol. The fourth-order valence-corrected chi connectivity index (χ4v) is 2.85. The van der Waals surface area contributed by atoms with Crippen molar-refractivity contribution >= 4 is 73.6 Å². The maximum absolute atomic E-state index is 10.8. The summed E-state index contributed by atoms with van der Waals surface area (Å²) in [4.78, 5) is 24.1. The van der Waals surface area contributed by atoms with Gasteiger partial charge in [-0.3, -0.25) is 4.79 Å². The van der Waals surface area contributed by atoms with Gasteiger partial charge in [0.15, 0.2) is 5.96 Å². The van der Waals surface area contributed by atoms with Crippen LogP contribution in [0.15, 0.2) is 16.6 Å². The predicted octanol–water partition coefficient (Wildman–Crippen LogP) is 1.96. The number of aromatic nitrogens is 2. The normalized spacial score (nSPS) is 9.19. The van der Waals surface area contributed by atoms with Gasteiger partial charge in [0.25, 0.3) is 0 Å². The number of carbonyl (C=O) groups is 1. The van der Waals surface area contributed by atoms with Crippen LogP contribution in [-0.4, -0.2) is 21.8 Å². The molecule has 0 saturated carbocycles. The molecule has 21 heavy (non-hydrogen) atoms. The molecule has 0 aliphatic rings. The van der Waals surface area contributed by atoms with Crippen LogP contribution < -0.4 is 16.8 Å². The standard InChI is InChI=1S/C10H12N6OS2.2BrH/c1-5(17)13-3-8-14-2-7(19-8)6-4-18-10(15-6)16-9(11)12;;/h2,4H,3H2,1H3,(H,13,17)(H4,11,12,15,16);2*1H. The van der Waals surface area contributed by atoms with Crippen molar-refractivity contribution in [2.24, 2.45) is 16.5 Å². The Hall–Kier alpha value is -1.04. The second-order valence-electron chi connectivity index (χ2n) is 3.58. The molecule has 0 spiro atoms. The van der Waals surface area contributed by atoms with Gasteiger partial charge >= 0.3 is 0 Å². The van der Waals surface area contributed by atoms with Gasteiger partial charge in [-0.15, -0.1) is 56.6 Å². The summed E-state index contributed by atoms with van der Waals surface area (Å²) in [7, 11) is 0. The molecule has 2 rings (SSSR count). The lowest BCUT2D eigenvalue weighted by atomic mass is 10.4. The molecule has 0 aliphatic heterocycles. The van der Waals surface area contributed by atoms with Crippen LogP contribution in [0.3, 0.4) is 0 Å². The van der Waals surface area contributed by atoms with E-state index in [9.17, 15) is 4.79 Å². The van der Waals surface area contributed by atoms with Crippen molar-refractivity contribution in [3.63, 3.8) is 0 Å². The van der Waals surface area contributed by atoms with Crippen molar-refractivity contribution in [3.8, 4) is 10.6 Å². The Morgan fingerprint density at radius 2 is 2.14 bits per heavy atom. The summed E-state index contributed by atoms with van der Waals surface area (Å²) in [5.74, 6) is -0.1000. The molecular formula is C10H14Br2N6OS2. The summed E-state index contributed by atoms with van der Waals surface area (Å²) in [6, 6.07) is 0. The van der Waals surface area contributed by atoms with E-state index in [-0.39, 0.29) is 45.8 Å². The van der Waals surface area contributed by atoms with E-state index in [1.807, 2.05) is 5.38 Å². The molecule has 0 atom stereocenters. The Kier molecular flexibility index (Phi) is 8.63. The molecule has 0 aliphatic carbocycles. The zero-order valence-electron chi connectivity index (χ0n) is 10.9. The van der Waals surface area contributed by atoms with Crippen LogP contribution in [0.2, 0.25) is 0 Å². The van der Waals surface area contributed by atoms with Crippen LogP contribution in [-0.2, 0) is 11.3 Å². The second kappa shape index (κ2) is 9.07. The quantitative estimate of drug-likeness (QED) is 0.478. The topological polar surface area (TPSA) is 119 Å². The van der Waals surface area contributed by atoms with Crippen LogP contribution in [0, 0.1) is 0 Å². The molecule has 1 amide bonds. The number of rotatable bonds is 4. The Labute approximate surface area is 150 Å². The predicted molar refractivity (Wildman–Crippen MR) is 96.9 cm³/mol. The third-order valence-corrected chi connectivity index (χ3v) is 3.77. The lowest BCUT2D eigenvalue weighted by Crippen LogP contribution is -2.21. The van der Waals surface area contributed by atoms with E-state index >= 15 is 0 Å². The summed E-state index contributed by atoms with van der Waals surface area (Å²) in [6.45, 7) is 1.89. The molecule has 0 unspecified atom stereocenters. The first-order valence-electron chi connectivity index (χ1n) is 5.29. The Balaban J connectivity index is 0.00000200. The number of halogens is 2. The second-order valence-corrected chi connectivity index (χ2v) is 5.53. The zero-order valence-corrected chi connectivity index (χ0v) is 16.0. The van der Waals surface area contributed by atoms with E-state index in [0.717, 1.165) is 15.6 Å². The molecule has 0 fully saturated rings. The van der Waals surface area contributed by atoms with Crippen molar-refractivity contribution < 1.29 is 4.79 Å². The van der Waals surface area contributed by atoms with Gasteiger partial charge in [-0.1, -0.05) is 0 Å². The van der Waals surface area contributed by atoms with Crippen molar-refractivity contribution in [3.05, 3.63) is 16.6 Å². The molecule has 0 radical (unpaired) electrons. The van der Waals surface area contributed by atoms with Crippen LogP contribution in [0.5, 0.6) is 0 Å². The van der Waals surface area contributed by atoms with Crippen LogP contribution in [0.1, 0.15) is 11.9 Å². The molecule has 0 aromatic carbocycles. The van der Waals surface area contributed by atoms with E-state index in [1.165, 1.54) is 29.6 Å². The first-order valence-corrected chi connectivity index (χ1v) is 6.99. The van der Waals surface area contributed by atoms with Gasteiger partial charge in [-0.05, 0) is 0 Å². The van der Waals surface area contributed by atoms with Gasteiger partial charge < -0.3 is 16.8 Å². The van der Waals surface area contributed by atoms with Gasteiger partial charge in [0, 0.05) is 18.5 Å². The Morgan fingerprint density at radius 1 is 1.43 bits per heavy atom. The first-order chi connectivity index (χ1) is 9.04. The molecule has 2 heterocycles. The fraction of sp³-hybridized carbons (Fsp3) is 0.200. The molecule has 2 aromatic heterocycles. The smallest absolute Gasteiger partial charge is 0.217 e. The SMILES string of the molecule is Br.Br.CC(=O)NCc1ncc(-c2csc(N=C(N)N)n2)s1. The number of amides is 1. The van der Waals surface area contributed by atoms with Crippen molar-refractivity contribution in [1.82, 2.24) is 15.3 Å². The molecule has 0 bridgehead atoms. The largest absolute Gasteiger partial charge is 0.370 e. The van der Waals surface area contributed by atoms with Crippen LogP contribution >= 0.6 is 56.6 Å². The number of nitrogens with zero attached hydrogens (tertiary/aromatic N) is 3. The third kappa shape index (κ3) is 6.08. The molecule has 2 aromatic rings. The van der Waals surface area contributed by atoms with E-state index in [0.29, 0.717) is 11.7 Å². The number of nitrogens with two attached hydrogens (primary N) is 2. The lowest BCUT2D eigenvalue weighted by molar-refractivity contribution is -0.119. The number of carbonyl (C=O) groups excluding carboxylic acids is 1. The summed E-state index contributed by atoms with van der Waals surface area (Å²) in [5.41, 5.74) is 11.4. The summed E-state index contributed by atoms with van der Waals surface area (Å²) < 4.78 is 0. The highest BCUT2D eigenvalue weighted by atomic mass is 79.9. The van der Waals surface area contributed by atoms with Crippen molar-refractivity contribution in [2.45, 2.75) is 13.5 Å². The number of hydrogen-bond donors (Lipinski definition) is 3. The zero-order chi connectivity index (χ0) is 13.8. The summed E-state index contributed by atoms with van der Waals surface area (Å²) >= 11 is 2.82. The molecule has 5 N–H and O–H groups in total. The monoisotopic (exact) mass is 456 g/mol. The van der Waals surface area contributed by atoms with E-state index in [4.69, 9.17) is 11.5 Å². The van der Waals surface area contributed by atoms with E-state index < -0.39 is 0 Å².